The average Bonchev–Trinajstić information content (AvgIpc) is 3.00. The number of nitrogens with zero attached hydrogens (tertiary/aromatic N) is 4. The zero-order chi connectivity index (χ0) is 24.4. The van der Waals surface area contributed by atoms with Crippen LogP contribution < -0.4 is 15.1 Å². The zero-order valence-electron chi connectivity index (χ0n) is 19.4. The van der Waals surface area contributed by atoms with Crippen LogP contribution in [-0.4, -0.2) is 61.0 Å². The summed E-state index contributed by atoms with van der Waals surface area (Å²) in [6.07, 6.45) is -0.846. The molecular weight excluding hydrogens is 478 g/mol. The van der Waals surface area contributed by atoms with Crippen molar-refractivity contribution in [3.8, 4) is 0 Å². The minimum absolute atomic E-state index is 0.176. The molecule has 8 heteroatoms. The van der Waals surface area contributed by atoms with Gasteiger partial charge in [-0.15, -0.1) is 0 Å². The molecular formula is C27H26ClN5OS. The zero-order valence-corrected chi connectivity index (χ0v) is 21.0. The Morgan fingerprint density at radius 2 is 1.63 bits per heavy atom. The van der Waals surface area contributed by atoms with Crippen LogP contribution in [0.1, 0.15) is 11.1 Å². The molecule has 6 nitrogen and oxygen atoms in total. The van der Waals surface area contributed by atoms with Crippen LogP contribution in [0.4, 0.5) is 11.4 Å². The predicted octanol–water partition coefficient (Wildman–Crippen LogP) is 4.18. The number of nitrogens with one attached hydrogen (secondary N) is 1. The number of benzodiazepines with no additional fused rings is 1. The molecule has 1 N–H and O–H groups in total. The fourth-order valence-electron chi connectivity index (χ4n) is 4.48. The lowest BCUT2D eigenvalue weighted by molar-refractivity contribution is -0.119. The molecule has 1 atom stereocenters. The van der Waals surface area contributed by atoms with Crippen molar-refractivity contribution < 1.29 is 4.79 Å². The first-order valence-electron chi connectivity index (χ1n) is 11.6. The number of fused-ring (bicyclic) bond motifs is 1. The monoisotopic (exact) mass is 503 g/mol. The number of carbonyl (C=O) groups is 1. The summed E-state index contributed by atoms with van der Waals surface area (Å²) in [7, 11) is 1.76. The summed E-state index contributed by atoms with van der Waals surface area (Å²) in [5.41, 5.74) is 4.39. The smallest absolute Gasteiger partial charge is 0.272 e. The lowest BCUT2D eigenvalue weighted by atomic mass is 10.0. The third-order valence-electron chi connectivity index (χ3n) is 6.39. The SMILES string of the molecule is CN1C(=O)C(NC(=S)N2CCN(c3ccccc3)CC2)N=C(c2ccccc2)c2cc(Cl)ccc21. The topological polar surface area (TPSA) is 51.2 Å². The molecule has 1 amide bonds. The van der Waals surface area contributed by atoms with Crippen molar-refractivity contribution in [1.82, 2.24) is 10.2 Å². The summed E-state index contributed by atoms with van der Waals surface area (Å²) in [6.45, 7) is 3.24. The van der Waals surface area contributed by atoms with Gasteiger partial charge >= 0.3 is 0 Å². The van der Waals surface area contributed by atoms with Crippen molar-refractivity contribution in [1.29, 1.82) is 0 Å². The lowest BCUT2D eigenvalue weighted by Crippen LogP contribution is -2.55. The average molecular weight is 504 g/mol. The van der Waals surface area contributed by atoms with E-state index in [1.54, 1.807) is 18.0 Å². The van der Waals surface area contributed by atoms with E-state index in [9.17, 15) is 4.79 Å². The number of halogens is 1. The fourth-order valence-corrected chi connectivity index (χ4v) is 4.95. The van der Waals surface area contributed by atoms with E-state index in [0.29, 0.717) is 15.8 Å². The summed E-state index contributed by atoms with van der Waals surface area (Å²) >= 11 is 12.1. The van der Waals surface area contributed by atoms with E-state index >= 15 is 0 Å². The maximum Gasteiger partial charge on any atom is 0.272 e. The Balaban J connectivity index is 1.39. The number of para-hydroxylation sites is 1. The minimum atomic E-state index is -0.846. The van der Waals surface area contributed by atoms with Gasteiger partial charge in [0.1, 0.15) is 0 Å². The van der Waals surface area contributed by atoms with Gasteiger partial charge < -0.3 is 20.0 Å². The quantitative estimate of drug-likeness (QED) is 0.543. The maximum absolute atomic E-state index is 13.5. The molecule has 2 aliphatic heterocycles. The van der Waals surface area contributed by atoms with E-state index in [0.717, 1.165) is 43.0 Å². The Morgan fingerprint density at radius 1 is 0.971 bits per heavy atom. The number of likely N-dealkylation sites (N-methyl/N-ethyl adjacent to an activating group) is 1. The summed E-state index contributed by atoms with van der Waals surface area (Å²) < 4.78 is 0. The van der Waals surface area contributed by atoms with Gasteiger partial charge in [0.15, 0.2) is 5.11 Å². The fraction of sp³-hybridized carbons (Fsp3) is 0.222. The highest BCUT2D eigenvalue weighted by molar-refractivity contribution is 7.80. The first-order valence-corrected chi connectivity index (χ1v) is 12.4. The van der Waals surface area contributed by atoms with Gasteiger partial charge in [0, 0.05) is 55.1 Å². The van der Waals surface area contributed by atoms with Gasteiger partial charge in [-0.2, -0.15) is 0 Å². The first kappa shape index (κ1) is 23.3. The second-order valence-electron chi connectivity index (χ2n) is 8.56. The molecule has 2 heterocycles. The van der Waals surface area contributed by atoms with Crippen molar-refractivity contribution in [2.45, 2.75) is 6.17 Å². The van der Waals surface area contributed by atoms with Crippen LogP contribution in [0.5, 0.6) is 0 Å². The van der Waals surface area contributed by atoms with Crippen molar-refractivity contribution in [3.05, 3.63) is 95.0 Å². The van der Waals surface area contributed by atoms with Gasteiger partial charge in [0.05, 0.1) is 11.4 Å². The number of aliphatic imine (C=N–C) groups is 1. The number of hydrogen-bond donors (Lipinski definition) is 1. The van der Waals surface area contributed by atoms with Crippen LogP contribution in [0.2, 0.25) is 5.02 Å². The van der Waals surface area contributed by atoms with Crippen LogP contribution >= 0.6 is 23.8 Å². The minimum Gasteiger partial charge on any atom is -0.368 e. The molecule has 2 aliphatic rings. The van der Waals surface area contributed by atoms with Crippen molar-refractivity contribution >= 4 is 51.9 Å². The molecule has 0 aliphatic carbocycles. The number of piperazine rings is 1. The second kappa shape index (κ2) is 10.1. The Kier molecular flexibility index (Phi) is 6.70. The van der Waals surface area contributed by atoms with Crippen LogP contribution in [0.25, 0.3) is 0 Å². The lowest BCUT2D eigenvalue weighted by Gasteiger charge is -2.38. The van der Waals surface area contributed by atoms with Gasteiger partial charge in [-0.25, -0.2) is 4.99 Å². The number of rotatable bonds is 3. The number of carbonyl (C=O) groups excluding carboxylic acids is 1. The molecule has 0 bridgehead atoms. The molecule has 0 aromatic heterocycles. The van der Waals surface area contributed by atoms with Gasteiger partial charge in [-0.05, 0) is 42.5 Å². The molecule has 3 aromatic rings. The highest BCUT2D eigenvalue weighted by Gasteiger charge is 2.32. The summed E-state index contributed by atoms with van der Waals surface area (Å²) in [4.78, 5) is 24.4. The standard InChI is InChI=1S/C27H26ClN5OS/c1-31-23-13-12-20(28)18-22(23)24(19-8-4-2-5-9-19)29-25(26(31)34)30-27(35)33-16-14-32(15-17-33)21-10-6-3-7-11-21/h2-13,18,25H,14-17H2,1H3,(H,30,35). The molecule has 0 spiro atoms. The second-order valence-corrected chi connectivity index (χ2v) is 9.39. The summed E-state index contributed by atoms with van der Waals surface area (Å²) in [6, 6.07) is 25.7. The molecule has 35 heavy (non-hydrogen) atoms. The van der Waals surface area contributed by atoms with Crippen LogP contribution in [0.15, 0.2) is 83.9 Å². The third-order valence-corrected chi connectivity index (χ3v) is 7.00. The number of anilines is 2. The maximum atomic E-state index is 13.5. The normalized spacial score (nSPS) is 18.0. The molecule has 3 aromatic carbocycles. The van der Waals surface area contributed by atoms with Crippen LogP contribution in [-0.2, 0) is 4.79 Å². The van der Waals surface area contributed by atoms with E-state index in [2.05, 4.69) is 39.4 Å². The number of benzene rings is 3. The molecule has 0 saturated carbocycles. The van der Waals surface area contributed by atoms with E-state index < -0.39 is 6.17 Å². The van der Waals surface area contributed by atoms with E-state index in [1.165, 1.54) is 5.69 Å². The van der Waals surface area contributed by atoms with Gasteiger partial charge in [0.2, 0.25) is 6.17 Å². The molecule has 178 valence electrons. The van der Waals surface area contributed by atoms with Gasteiger partial charge in [0.25, 0.3) is 5.91 Å². The highest BCUT2D eigenvalue weighted by atomic mass is 35.5. The largest absolute Gasteiger partial charge is 0.368 e. The number of thiocarbonyl (C=S) groups is 1. The van der Waals surface area contributed by atoms with Crippen molar-refractivity contribution in [2.24, 2.45) is 4.99 Å². The predicted molar refractivity (Wildman–Crippen MR) is 147 cm³/mol. The van der Waals surface area contributed by atoms with Gasteiger partial charge in [-0.3, -0.25) is 4.79 Å². The Labute approximate surface area is 215 Å². The highest BCUT2D eigenvalue weighted by Crippen LogP contribution is 2.30. The van der Waals surface area contributed by atoms with Crippen molar-refractivity contribution in [3.63, 3.8) is 0 Å². The third kappa shape index (κ3) is 4.88. The Bertz CT molecular complexity index is 1260. The van der Waals surface area contributed by atoms with E-state index in [-0.39, 0.29) is 5.91 Å². The molecule has 1 fully saturated rings. The molecule has 0 radical (unpaired) electrons. The number of amides is 1. The molecule has 1 unspecified atom stereocenters. The Morgan fingerprint density at radius 3 is 2.31 bits per heavy atom. The van der Waals surface area contributed by atoms with E-state index in [4.69, 9.17) is 28.8 Å². The van der Waals surface area contributed by atoms with Crippen LogP contribution in [0, 0.1) is 0 Å². The van der Waals surface area contributed by atoms with E-state index in [1.807, 2.05) is 48.5 Å². The number of hydrogen-bond acceptors (Lipinski definition) is 4. The Hall–Kier alpha value is -3.42. The van der Waals surface area contributed by atoms with Gasteiger partial charge in [-0.1, -0.05) is 60.1 Å². The summed E-state index contributed by atoms with van der Waals surface area (Å²) in [5, 5.41) is 4.36. The first-order chi connectivity index (χ1) is 17.0. The molecule has 1 saturated heterocycles. The van der Waals surface area contributed by atoms with Crippen molar-refractivity contribution in [2.75, 3.05) is 43.0 Å². The molecule has 5 rings (SSSR count). The summed E-state index contributed by atoms with van der Waals surface area (Å²) in [5.74, 6) is -0.176. The van der Waals surface area contributed by atoms with Crippen LogP contribution in [0.3, 0.4) is 0 Å².